The van der Waals surface area contributed by atoms with E-state index in [1.54, 1.807) is 20.8 Å². The minimum atomic E-state index is -0.902. The summed E-state index contributed by atoms with van der Waals surface area (Å²) in [6, 6.07) is 12.1. The average molecular weight is 396 g/mol. The first kappa shape index (κ1) is 20.3. The van der Waals surface area contributed by atoms with E-state index < -0.39 is 18.0 Å². The van der Waals surface area contributed by atoms with Crippen molar-refractivity contribution in [3.63, 3.8) is 0 Å². The largest absolute Gasteiger partial charge is 0.508 e. The second-order valence-corrected chi connectivity index (χ2v) is 7.15. The summed E-state index contributed by atoms with van der Waals surface area (Å²) in [7, 11) is 0. The molecule has 2 amide bonds. The van der Waals surface area contributed by atoms with E-state index in [4.69, 9.17) is 4.74 Å². The predicted molar refractivity (Wildman–Crippen MR) is 107 cm³/mol. The normalized spacial score (nSPS) is 16.8. The molecule has 2 aromatic rings. The highest BCUT2D eigenvalue weighted by molar-refractivity contribution is 5.95. The molecular weight excluding hydrogens is 372 g/mol. The van der Waals surface area contributed by atoms with Crippen molar-refractivity contribution in [3.8, 4) is 11.5 Å². The molecule has 0 aliphatic carbocycles. The number of carbonyl (C=O) groups excluding carboxylic acids is 2. The summed E-state index contributed by atoms with van der Waals surface area (Å²) in [5.41, 5.74) is 1.88. The summed E-state index contributed by atoms with van der Waals surface area (Å²) in [4.78, 5) is 27.2. The summed E-state index contributed by atoms with van der Waals surface area (Å²) in [5, 5.41) is 22.7. The molecule has 7 heteroatoms. The number of nitrogens with one attached hydrogen (secondary N) is 1. The molecule has 2 aromatic carbocycles. The summed E-state index contributed by atoms with van der Waals surface area (Å²) in [6.07, 6.45) is -0.350. The third-order valence-electron chi connectivity index (χ3n) is 4.67. The second kappa shape index (κ2) is 8.26. The van der Waals surface area contributed by atoms with Gasteiger partial charge in [-0.25, -0.2) is 9.59 Å². The molecule has 0 aromatic heterocycles. The summed E-state index contributed by atoms with van der Waals surface area (Å²) >= 11 is 0. The van der Waals surface area contributed by atoms with Crippen LogP contribution >= 0.6 is 0 Å². The maximum Gasteiger partial charge on any atom is 0.338 e. The van der Waals surface area contributed by atoms with E-state index in [1.165, 1.54) is 23.1 Å². The maximum absolute atomic E-state index is 12.9. The highest BCUT2D eigenvalue weighted by Gasteiger charge is 2.37. The molecule has 1 aliphatic rings. The van der Waals surface area contributed by atoms with E-state index in [0.29, 0.717) is 11.3 Å². The Morgan fingerprint density at radius 3 is 2.48 bits per heavy atom. The van der Waals surface area contributed by atoms with Gasteiger partial charge in [0.15, 0.2) is 0 Å². The number of esters is 1. The van der Waals surface area contributed by atoms with Gasteiger partial charge in [-0.3, -0.25) is 4.90 Å². The number of aromatic hydroxyl groups is 2. The fourth-order valence-corrected chi connectivity index (χ4v) is 3.29. The van der Waals surface area contributed by atoms with Crippen LogP contribution in [0.2, 0.25) is 0 Å². The van der Waals surface area contributed by atoms with Crippen LogP contribution in [-0.4, -0.2) is 33.2 Å². The molecule has 1 atom stereocenters. The van der Waals surface area contributed by atoms with Crippen LogP contribution in [0.4, 0.5) is 4.79 Å². The van der Waals surface area contributed by atoms with E-state index in [0.717, 1.165) is 5.56 Å². The van der Waals surface area contributed by atoms with Crippen LogP contribution in [0.3, 0.4) is 0 Å². The lowest BCUT2D eigenvalue weighted by Gasteiger charge is -2.35. The van der Waals surface area contributed by atoms with Gasteiger partial charge in [0.2, 0.25) is 0 Å². The Balaban J connectivity index is 2.07. The Kier molecular flexibility index (Phi) is 5.77. The first-order chi connectivity index (χ1) is 13.8. The zero-order valence-electron chi connectivity index (χ0n) is 16.5. The molecule has 1 unspecified atom stereocenters. The van der Waals surface area contributed by atoms with Gasteiger partial charge >= 0.3 is 12.0 Å². The average Bonchev–Trinajstić information content (AvgIpc) is 2.65. The number of ether oxygens (including phenoxy) is 1. The van der Waals surface area contributed by atoms with Crippen LogP contribution in [0.5, 0.6) is 11.5 Å². The zero-order chi connectivity index (χ0) is 21.1. The zero-order valence-corrected chi connectivity index (χ0v) is 16.5. The molecule has 3 rings (SSSR count). The molecule has 1 aliphatic heterocycles. The van der Waals surface area contributed by atoms with Crippen LogP contribution < -0.4 is 5.32 Å². The number of phenols is 2. The Morgan fingerprint density at radius 2 is 1.86 bits per heavy atom. The first-order valence-corrected chi connectivity index (χ1v) is 9.33. The van der Waals surface area contributed by atoms with Gasteiger partial charge < -0.3 is 20.3 Å². The number of benzene rings is 2. The molecular formula is C22H24N2O5. The van der Waals surface area contributed by atoms with Crippen molar-refractivity contribution in [2.45, 2.75) is 39.5 Å². The molecule has 7 nitrogen and oxygen atoms in total. The molecule has 0 fully saturated rings. The number of hydrogen-bond acceptors (Lipinski definition) is 5. The second-order valence-electron chi connectivity index (χ2n) is 7.15. The van der Waals surface area contributed by atoms with Crippen molar-refractivity contribution in [2.24, 2.45) is 0 Å². The van der Waals surface area contributed by atoms with Gasteiger partial charge in [-0.15, -0.1) is 0 Å². The minimum Gasteiger partial charge on any atom is -0.508 e. The molecule has 0 bridgehead atoms. The van der Waals surface area contributed by atoms with E-state index >= 15 is 0 Å². The number of phenolic OH excluding ortho intramolecular Hbond substituents is 2. The van der Waals surface area contributed by atoms with Gasteiger partial charge in [0, 0.05) is 17.3 Å². The Hall–Kier alpha value is -3.48. The number of allylic oxidation sites excluding steroid dienone is 1. The maximum atomic E-state index is 12.9. The van der Waals surface area contributed by atoms with E-state index in [2.05, 4.69) is 5.32 Å². The monoisotopic (exact) mass is 396 g/mol. The van der Waals surface area contributed by atoms with Crippen LogP contribution in [-0.2, 0) is 16.1 Å². The number of hydrogen-bond donors (Lipinski definition) is 3. The van der Waals surface area contributed by atoms with Crippen molar-refractivity contribution in [2.75, 3.05) is 0 Å². The van der Waals surface area contributed by atoms with Crippen molar-refractivity contribution < 1.29 is 24.5 Å². The van der Waals surface area contributed by atoms with Crippen molar-refractivity contribution >= 4 is 12.0 Å². The van der Waals surface area contributed by atoms with Gasteiger partial charge in [0.25, 0.3) is 0 Å². The van der Waals surface area contributed by atoms with Gasteiger partial charge in [-0.1, -0.05) is 30.3 Å². The third kappa shape index (κ3) is 4.34. The molecule has 152 valence electrons. The van der Waals surface area contributed by atoms with Gasteiger partial charge in [-0.2, -0.15) is 0 Å². The van der Waals surface area contributed by atoms with Crippen LogP contribution in [0.15, 0.2) is 59.8 Å². The standard InChI is InChI=1S/C22H24N2O5/c1-13(2)29-21(27)19-14(3)24(12-15-7-5-4-6-8-15)22(28)23-20(19)17-10-9-16(25)11-18(17)26/h4-11,13,20,25-26H,12H2,1-3H3,(H,23,28). The van der Waals surface area contributed by atoms with Gasteiger partial charge in [0.05, 0.1) is 24.3 Å². The Bertz CT molecular complexity index is 953. The summed E-state index contributed by atoms with van der Waals surface area (Å²) in [6.45, 7) is 5.45. The van der Waals surface area contributed by atoms with Crippen molar-refractivity contribution in [1.29, 1.82) is 0 Å². The summed E-state index contributed by atoms with van der Waals surface area (Å²) < 4.78 is 5.40. The number of amides is 2. The van der Waals surface area contributed by atoms with Crippen LogP contribution in [0.25, 0.3) is 0 Å². The van der Waals surface area contributed by atoms with Crippen LogP contribution in [0, 0.1) is 0 Å². The lowest BCUT2D eigenvalue weighted by molar-refractivity contribution is -0.143. The SMILES string of the molecule is CC1=C(C(=O)OC(C)C)C(c2ccc(O)cc2O)NC(=O)N1Cc1ccccc1. The van der Waals surface area contributed by atoms with Crippen LogP contribution in [0.1, 0.15) is 37.9 Å². The lowest BCUT2D eigenvalue weighted by Crippen LogP contribution is -2.47. The Labute approximate surface area is 169 Å². The molecule has 3 N–H and O–H groups in total. The third-order valence-corrected chi connectivity index (χ3v) is 4.67. The number of nitrogens with zero attached hydrogens (tertiary/aromatic N) is 1. The summed E-state index contributed by atoms with van der Waals surface area (Å²) in [5.74, 6) is -0.923. The first-order valence-electron chi connectivity index (χ1n) is 9.33. The Morgan fingerprint density at radius 1 is 1.17 bits per heavy atom. The van der Waals surface area contributed by atoms with Gasteiger partial charge in [-0.05, 0) is 38.5 Å². The molecule has 0 spiro atoms. The minimum absolute atomic E-state index is 0.119. The van der Waals surface area contributed by atoms with Crippen molar-refractivity contribution in [1.82, 2.24) is 10.2 Å². The van der Waals surface area contributed by atoms with Crippen molar-refractivity contribution in [3.05, 3.63) is 70.9 Å². The van der Waals surface area contributed by atoms with E-state index in [-0.39, 0.29) is 29.7 Å². The number of carbonyl (C=O) groups is 2. The molecule has 29 heavy (non-hydrogen) atoms. The van der Waals surface area contributed by atoms with E-state index in [1.807, 2.05) is 30.3 Å². The number of rotatable bonds is 5. The van der Waals surface area contributed by atoms with Gasteiger partial charge in [0.1, 0.15) is 11.5 Å². The van der Waals surface area contributed by atoms with E-state index in [9.17, 15) is 19.8 Å². The smallest absolute Gasteiger partial charge is 0.338 e. The topological polar surface area (TPSA) is 99.1 Å². The quantitative estimate of drug-likeness (QED) is 0.671. The predicted octanol–water partition coefficient (Wildman–Crippen LogP) is 3.59. The number of urea groups is 1. The molecule has 1 heterocycles. The molecule has 0 radical (unpaired) electrons. The lowest BCUT2D eigenvalue weighted by atomic mass is 9.93. The fraction of sp³-hybridized carbons (Fsp3) is 0.273. The molecule has 0 saturated heterocycles. The fourth-order valence-electron chi connectivity index (χ4n) is 3.29. The highest BCUT2D eigenvalue weighted by Crippen LogP contribution is 2.37. The molecule has 0 saturated carbocycles. The highest BCUT2D eigenvalue weighted by atomic mass is 16.5.